The van der Waals surface area contributed by atoms with Crippen molar-refractivity contribution in [2.45, 2.75) is 0 Å². The third-order valence-electron chi connectivity index (χ3n) is 3.36. The standard InChI is InChI=1S/C20H17F2NO2/c1-23(14-20(24)25)12-11-16(15-5-3-2-4-6-15)7-8-17-9-10-18(21)13-19(17)22/h2-6,9-11,13H,12,14H2,1H3,(H,24,25)/b16-11-. The maximum absolute atomic E-state index is 13.7. The highest BCUT2D eigenvalue weighted by Crippen LogP contribution is 2.14. The number of allylic oxidation sites excluding steroid dienone is 1. The van der Waals surface area contributed by atoms with Crippen LogP contribution in [0.4, 0.5) is 8.78 Å². The summed E-state index contributed by atoms with van der Waals surface area (Å²) in [6.07, 6.45) is 1.78. The Kier molecular flexibility index (Phi) is 6.44. The van der Waals surface area contributed by atoms with Gasteiger partial charge in [0.15, 0.2) is 0 Å². The maximum Gasteiger partial charge on any atom is 0.317 e. The smallest absolute Gasteiger partial charge is 0.317 e. The molecule has 0 fully saturated rings. The molecule has 2 rings (SSSR count). The number of likely N-dealkylation sites (N-methyl/N-ethyl adjacent to an activating group) is 1. The van der Waals surface area contributed by atoms with Crippen molar-refractivity contribution in [1.82, 2.24) is 4.90 Å². The van der Waals surface area contributed by atoms with Crippen molar-refractivity contribution >= 4 is 11.5 Å². The average Bonchev–Trinajstić information content (AvgIpc) is 2.56. The molecular formula is C20H17F2NO2. The monoisotopic (exact) mass is 341 g/mol. The Hall–Kier alpha value is -2.97. The van der Waals surface area contributed by atoms with E-state index < -0.39 is 17.6 Å². The zero-order valence-electron chi connectivity index (χ0n) is 13.7. The highest BCUT2D eigenvalue weighted by Gasteiger charge is 2.05. The molecule has 0 spiro atoms. The van der Waals surface area contributed by atoms with Gasteiger partial charge in [-0.1, -0.05) is 48.2 Å². The summed E-state index contributed by atoms with van der Waals surface area (Å²) in [6.45, 7) is 0.274. The molecule has 2 aromatic rings. The number of benzene rings is 2. The lowest BCUT2D eigenvalue weighted by Gasteiger charge is -2.11. The fraction of sp³-hybridized carbons (Fsp3) is 0.150. The predicted molar refractivity (Wildman–Crippen MR) is 92.8 cm³/mol. The number of halogens is 2. The normalized spacial score (nSPS) is 11.1. The van der Waals surface area contributed by atoms with Crippen LogP contribution >= 0.6 is 0 Å². The molecule has 0 atom stereocenters. The lowest BCUT2D eigenvalue weighted by atomic mass is 10.1. The Morgan fingerprint density at radius 3 is 2.56 bits per heavy atom. The summed E-state index contributed by atoms with van der Waals surface area (Å²) < 4.78 is 26.7. The largest absolute Gasteiger partial charge is 0.480 e. The Bertz CT molecular complexity index is 836. The zero-order chi connectivity index (χ0) is 18.2. The number of nitrogens with zero attached hydrogens (tertiary/aromatic N) is 1. The van der Waals surface area contributed by atoms with Crippen LogP contribution in [0.15, 0.2) is 54.6 Å². The maximum atomic E-state index is 13.7. The minimum absolute atomic E-state index is 0.0986. The van der Waals surface area contributed by atoms with Crippen LogP contribution < -0.4 is 0 Å². The first-order valence-electron chi connectivity index (χ1n) is 7.58. The van der Waals surface area contributed by atoms with E-state index in [2.05, 4.69) is 11.8 Å². The molecule has 128 valence electrons. The molecule has 0 aromatic heterocycles. The third kappa shape index (κ3) is 5.87. The van der Waals surface area contributed by atoms with Crippen molar-refractivity contribution in [3.8, 4) is 11.8 Å². The van der Waals surface area contributed by atoms with E-state index in [-0.39, 0.29) is 12.1 Å². The highest BCUT2D eigenvalue weighted by molar-refractivity contribution is 5.79. The first-order chi connectivity index (χ1) is 12.0. The van der Waals surface area contributed by atoms with Gasteiger partial charge in [0.1, 0.15) is 11.6 Å². The van der Waals surface area contributed by atoms with Gasteiger partial charge in [0.2, 0.25) is 0 Å². The number of carboxylic acid groups (broad SMARTS) is 1. The van der Waals surface area contributed by atoms with Gasteiger partial charge in [0.25, 0.3) is 0 Å². The summed E-state index contributed by atoms with van der Waals surface area (Å²) in [5.74, 6) is 3.31. The summed E-state index contributed by atoms with van der Waals surface area (Å²) in [7, 11) is 1.68. The lowest BCUT2D eigenvalue weighted by Crippen LogP contribution is -2.25. The Morgan fingerprint density at radius 1 is 1.20 bits per heavy atom. The fourth-order valence-corrected chi connectivity index (χ4v) is 2.13. The molecule has 0 radical (unpaired) electrons. The van der Waals surface area contributed by atoms with Gasteiger partial charge in [-0.2, -0.15) is 0 Å². The van der Waals surface area contributed by atoms with E-state index in [9.17, 15) is 13.6 Å². The third-order valence-corrected chi connectivity index (χ3v) is 3.36. The summed E-state index contributed by atoms with van der Waals surface area (Å²) in [5, 5.41) is 8.81. The highest BCUT2D eigenvalue weighted by atomic mass is 19.1. The Balaban J connectivity index is 2.30. The molecule has 25 heavy (non-hydrogen) atoms. The molecule has 2 aromatic carbocycles. The zero-order valence-corrected chi connectivity index (χ0v) is 13.7. The molecule has 0 heterocycles. The molecule has 5 heteroatoms. The van der Waals surface area contributed by atoms with E-state index in [1.165, 1.54) is 6.07 Å². The number of rotatable bonds is 5. The molecule has 0 amide bonds. The summed E-state index contributed by atoms with van der Waals surface area (Å²) in [5.41, 5.74) is 1.57. The van der Waals surface area contributed by atoms with Crippen molar-refractivity contribution in [2.75, 3.05) is 20.1 Å². The van der Waals surface area contributed by atoms with Crippen molar-refractivity contribution in [1.29, 1.82) is 0 Å². The number of carboxylic acids is 1. The number of hydrogen-bond donors (Lipinski definition) is 1. The Morgan fingerprint density at radius 2 is 1.92 bits per heavy atom. The molecule has 3 nitrogen and oxygen atoms in total. The van der Waals surface area contributed by atoms with E-state index in [4.69, 9.17) is 5.11 Å². The van der Waals surface area contributed by atoms with E-state index in [1.54, 1.807) is 18.0 Å². The Labute approximate surface area is 145 Å². The van der Waals surface area contributed by atoms with E-state index >= 15 is 0 Å². The van der Waals surface area contributed by atoms with Crippen LogP contribution in [0.25, 0.3) is 5.57 Å². The van der Waals surface area contributed by atoms with E-state index in [0.717, 1.165) is 17.7 Å². The first kappa shape index (κ1) is 18.4. The molecule has 0 aliphatic carbocycles. The van der Waals surface area contributed by atoms with Crippen LogP contribution in [0.1, 0.15) is 11.1 Å². The SMILES string of the molecule is CN(C/C=C(/C#Cc1ccc(F)cc1F)c1ccccc1)CC(=O)O. The second-order valence-electron chi connectivity index (χ2n) is 5.45. The first-order valence-corrected chi connectivity index (χ1v) is 7.58. The van der Waals surface area contributed by atoms with Crippen LogP contribution in [0, 0.1) is 23.5 Å². The van der Waals surface area contributed by atoms with Crippen molar-refractivity contribution in [2.24, 2.45) is 0 Å². The average molecular weight is 341 g/mol. The van der Waals surface area contributed by atoms with Gasteiger partial charge in [-0.25, -0.2) is 8.78 Å². The van der Waals surface area contributed by atoms with E-state index in [1.807, 2.05) is 30.3 Å². The quantitative estimate of drug-likeness (QED) is 0.847. The molecule has 0 saturated carbocycles. The molecule has 1 N–H and O–H groups in total. The topological polar surface area (TPSA) is 40.5 Å². The molecule has 0 aliphatic heterocycles. The summed E-state index contributed by atoms with van der Waals surface area (Å²) in [4.78, 5) is 12.4. The molecule has 0 aliphatic rings. The van der Waals surface area contributed by atoms with Gasteiger partial charge >= 0.3 is 5.97 Å². The van der Waals surface area contributed by atoms with Gasteiger partial charge < -0.3 is 5.11 Å². The predicted octanol–water partition coefficient (Wildman–Crippen LogP) is 3.42. The molecule has 0 unspecified atom stereocenters. The number of carbonyl (C=O) groups is 1. The van der Waals surface area contributed by atoms with Gasteiger partial charge in [-0.3, -0.25) is 9.69 Å². The van der Waals surface area contributed by atoms with Gasteiger partial charge in [-0.15, -0.1) is 0 Å². The minimum atomic E-state index is -0.920. The van der Waals surface area contributed by atoms with Crippen LogP contribution in [-0.4, -0.2) is 36.1 Å². The van der Waals surface area contributed by atoms with Crippen LogP contribution in [0.3, 0.4) is 0 Å². The van der Waals surface area contributed by atoms with Gasteiger partial charge in [0.05, 0.1) is 12.1 Å². The lowest BCUT2D eigenvalue weighted by molar-refractivity contribution is -0.137. The van der Waals surface area contributed by atoms with Gasteiger partial charge in [-0.05, 0) is 24.7 Å². The van der Waals surface area contributed by atoms with Crippen molar-refractivity contribution in [3.05, 3.63) is 77.4 Å². The van der Waals surface area contributed by atoms with Crippen molar-refractivity contribution in [3.63, 3.8) is 0 Å². The molecule has 0 saturated heterocycles. The summed E-state index contributed by atoms with van der Waals surface area (Å²) >= 11 is 0. The number of hydrogen-bond acceptors (Lipinski definition) is 2. The second-order valence-corrected chi connectivity index (χ2v) is 5.45. The van der Waals surface area contributed by atoms with E-state index in [0.29, 0.717) is 12.1 Å². The summed E-state index contributed by atoms with van der Waals surface area (Å²) in [6, 6.07) is 12.5. The van der Waals surface area contributed by atoms with Crippen molar-refractivity contribution < 1.29 is 18.7 Å². The second kappa shape index (κ2) is 8.76. The minimum Gasteiger partial charge on any atom is -0.480 e. The van der Waals surface area contributed by atoms with Crippen LogP contribution in [0.2, 0.25) is 0 Å². The fourth-order valence-electron chi connectivity index (χ4n) is 2.13. The van der Waals surface area contributed by atoms with Gasteiger partial charge in [0, 0.05) is 18.2 Å². The van der Waals surface area contributed by atoms with Crippen LogP contribution in [0.5, 0.6) is 0 Å². The van der Waals surface area contributed by atoms with Crippen LogP contribution in [-0.2, 0) is 4.79 Å². The molecule has 0 bridgehead atoms. The number of aliphatic carboxylic acids is 1. The molecular weight excluding hydrogens is 324 g/mol.